The largest absolute Gasteiger partial charge is 0.382 e. The number of hydrogen-bond acceptors (Lipinski definition) is 6. The number of para-hydroxylation sites is 1. The molecular formula is C22H23N5O3S. The Hall–Kier alpha value is -3.64. The number of aryl methyl sites for hydroxylation is 1. The lowest BCUT2D eigenvalue weighted by Gasteiger charge is -2.06. The molecule has 1 amide bonds. The molecule has 0 aliphatic rings. The first kappa shape index (κ1) is 22.1. The Morgan fingerprint density at radius 3 is 2.45 bits per heavy atom. The van der Waals surface area contributed by atoms with Crippen LogP contribution in [0.4, 0.5) is 5.82 Å². The number of nitriles is 1. The van der Waals surface area contributed by atoms with Crippen molar-refractivity contribution in [2.45, 2.75) is 18.6 Å². The summed E-state index contributed by atoms with van der Waals surface area (Å²) in [6, 6.07) is 17.9. The molecule has 0 saturated carbocycles. The Kier molecular flexibility index (Phi) is 6.72. The third-order valence-corrected chi connectivity index (χ3v) is 5.48. The summed E-state index contributed by atoms with van der Waals surface area (Å²) in [5.41, 5.74) is 8.89. The average molecular weight is 438 g/mol. The van der Waals surface area contributed by atoms with E-state index in [0.29, 0.717) is 47.6 Å². The van der Waals surface area contributed by atoms with Crippen LogP contribution in [-0.4, -0.2) is 36.9 Å². The highest BCUT2D eigenvalue weighted by Crippen LogP contribution is 2.21. The number of nitrogens with two attached hydrogens (primary N) is 1. The number of sulfone groups is 1. The van der Waals surface area contributed by atoms with Crippen LogP contribution in [0.2, 0.25) is 0 Å². The second kappa shape index (κ2) is 9.45. The highest BCUT2D eigenvalue weighted by molar-refractivity contribution is 7.89. The Morgan fingerprint density at radius 2 is 1.84 bits per heavy atom. The molecule has 3 aromatic rings. The summed E-state index contributed by atoms with van der Waals surface area (Å²) in [5.74, 6) is -0.0165. The number of carbonyl (C=O) groups is 1. The quantitative estimate of drug-likeness (QED) is 0.520. The van der Waals surface area contributed by atoms with Crippen molar-refractivity contribution in [3.63, 3.8) is 0 Å². The van der Waals surface area contributed by atoms with Crippen LogP contribution in [-0.2, 0) is 22.0 Å². The van der Waals surface area contributed by atoms with E-state index in [1.165, 1.54) is 6.26 Å². The number of rotatable bonds is 8. The molecule has 0 bridgehead atoms. The Labute approximate surface area is 181 Å². The van der Waals surface area contributed by atoms with E-state index in [1.807, 2.05) is 30.3 Å². The fraction of sp³-hybridized carbons (Fsp3) is 0.227. The van der Waals surface area contributed by atoms with Gasteiger partial charge in [0.2, 0.25) is 0 Å². The summed E-state index contributed by atoms with van der Waals surface area (Å²) in [7, 11) is -3.12. The highest BCUT2D eigenvalue weighted by Gasteiger charge is 2.16. The maximum Gasteiger partial charge on any atom is 0.251 e. The molecule has 8 nitrogen and oxygen atoms in total. The van der Waals surface area contributed by atoms with Gasteiger partial charge in [0.05, 0.1) is 17.1 Å². The number of aromatic nitrogens is 2. The fourth-order valence-electron chi connectivity index (χ4n) is 3.16. The topological polar surface area (TPSA) is 131 Å². The number of anilines is 1. The van der Waals surface area contributed by atoms with Crippen molar-refractivity contribution in [1.29, 1.82) is 5.26 Å². The Balaban J connectivity index is 1.57. The lowest BCUT2D eigenvalue weighted by molar-refractivity contribution is 0.0953. The van der Waals surface area contributed by atoms with Crippen molar-refractivity contribution in [1.82, 2.24) is 15.1 Å². The molecule has 0 fully saturated rings. The fourth-order valence-corrected chi connectivity index (χ4v) is 3.95. The van der Waals surface area contributed by atoms with Crippen LogP contribution in [0, 0.1) is 11.3 Å². The van der Waals surface area contributed by atoms with Crippen LogP contribution >= 0.6 is 0 Å². The van der Waals surface area contributed by atoms with Crippen LogP contribution in [0.1, 0.15) is 33.6 Å². The minimum absolute atomic E-state index is 0.0606. The zero-order valence-electron chi connectivity index (χ0n) is 17.1. The number of nitrogens with zero attached hydrogens (tertiary/aromatic N) is 3. The van der Waals surface area contributed by atoms with E-state index in [4.69, 9.17) is 5.73 Å². The van der Waals surface area contributed by atoms with E-state index in [0.717, 1.165) is 5.69 Å². The number of amides is 1. The standard InChI is InChI=1S/C22H23N5O3S/c1-31(29,30)15-16-9-11-17(12-10-16)22(28)25-13-5-8-20-19(14-23)21(24)27(26-20)18-6-3-2-4-7-18/h2-4,6-7,9-12H,5,8,13,15,24H2,1H3,(H,25,28). The van der Waals surface area contributed by atoms with Crippen molar-refractivity contribution < 1.29 is 13.2 Å². The summed E-state index contributed by atoms with van der Waals surface area (Å²) < 4.78 is 24.2. The molecule has 1 heterocycles. The molecule has 3 rings (SSSR count). The van der Waals surface area contributed by atoms with Gasteiger partial charge in [0.1, 0.15) is 17.5 Å². The number of carbonyl (C=O) groups excluding carboxylic acids is 1. The number of nitrogen functional groups attached to an aromatic ring is 1. The van der Waals surface area contributed by atoms with Gasteiger partial charge < -0.3 is 11.1 Å². The molecule has 160 valence electrons. The van der Waals surface area contributed by atoms with Crippen molar-refractivity contribution in [3.05, 3.63) is 77.0 Å². The molecule has 0 radical (unpaired) electrons. The lowest BCUT2D eigenvalue weighted by Crippen LogP contribution is -2.24. The Bertz CT molecular complexity index is 1210. The predicted octanol–water partition coefficient (Wildman–Crippen LogP) is 2.23. The molecule has 3 N–H and O–H groups in total. The van der Waals surface area contributed by atoms with Gasteiger partial charge in [-0.05, 0) is 42.7 Å². The zero-order chi connectivity index (χ0) is 22.4. The molecule has 2 aromatic carbocycles. The monoisotopic (exact) mass is 437 g/mol. The molecule has 9 heteroatoms. The lowest BCUT2D eigenvalue weighted by atomic mass is 10.1. The van der Waals surface area contributed by atoms with Crippen molar-refractivity contribution in [2.75, 3.05) is 18.5 Å². The van der Waals surface area contributed by atoms with Gasteiger partial charge in [0, 0.05) is 18.4 Å². The smallest absolute Gasteiger partial charge is 0.251 e. The van der Waals surface area contributed by atoms with Gasteiger partial charge in [-0.1, -0.05) is 30.3 Å². The van der Waals surface area contributed by atoms with Gasteiger partial charge in [0.25, 0.3) is 5.91 Å². The second-order valence-corrected chi connectivity index (χ2v) is 9.33. The van der Waals surface area contributed by atoms with E-state index < -0.39 is 9.84 Å². The molecule has 0 aliphatic carbocycles. The molecule has 31 heavy (non-hydrogen) atoms. The van der Waals surface area contributed by atoms with Crippen molar-refractivity contribution in [2.24, 2.45) is 0 Å². The number of benzene rings is 2. The maximum atomic E-state index is 12.3. The first-order valence-electron chi connectivity index (χ1n) is 9.66. The van der Waals surface area contributed by atoms with E-state index in [-0.39, 0.29) is 11.7 Å². The van der Waals surface area contributed by atoms with Crippen LogP contribution < -0.4 is 11.1 Å². The first-order valence-corrected chi connectivity index (χ1v) is 11.7. The van der Waals surface area contributed by atoms with E-state index in [9.17, 15) is 18.5 Å². The SMILES string of the molecule is CS(=O)(=O)Cc1ccc(C(=O)NCCCc2nn(-c3ccccc3)c(N)c2C#N)cc1. The summed E-state index contributed by atoms with van der Waals surface area (Å²) in [4.78, 5) is 12.3. The van der Waals surface area contributed by atoms with Crippen LogP contribution in [0.5, 0.6) is 0 Å². The van der Waals surface area contributed by atoms with Gasteiger partial charge in [-0.2, -0.15) is 10.4 Å². The molecule has 0 atom stereocenters. The summed E-state index contributed by atoms with van der Waals surface area (Å²) in [6.45, 7) is 0.396. The molecule has 1 aromatic heterocycles. The van der Waals surface area contributed by atoms with Gasteiger partial charge in [0.15, 0.2) is 9.84 Å². The van der Waals surface area contributed by atoms with Gasteiger partial charge >= 0.3 is 0 Å². The number of nitrogens with one attached hydrogen (secondary N) is 1. The minimum Gasteiger partial charge on any atom is -0.382 e. The van der Waals surface area contributed by atoms with E-state index in [1.54, 1.807) is 28.9 Å². The third-order valence-electron chi connectivity index (χ3n) is 4.63. The zero-order valence-corrected chi connectivity index (χ0v) is 17.9. The molecule has 0 aliphatic heterocycles. The molecule has 0 spiro atoms. The molecular weight excluding hydrogens is 414 g/mol. The predicted molar refractivity (Wildman–Crippen MR) is 118 cm³/mol. The Morgan fingerprint density at radius 1 is 1.16 bits per heavy atom. The van der Waals surface area contributed by atoms with Crippen molar-refractivity contribution in [3.8, 4) is 11.8 Å². The normalized spacial score (nSPS) is 11.1. The van der Waals surface area contributed by atoms with E-state index >= 15 is 0 Å². The maximum absolute atomic E-state index is 12.3. The summed E-state index contributed by atoms with van der Waals surface area (Å²) in [6.07, 6.45) is 2.24. The van der Waals surface area contributed by atoms with Gasteiger partial charge in [-0.15, -0.1) is 0 Å². The highest BCUT2D eigenvalue weighted by atomic mass is 32.2. The minimum atomic E-state index is -3.12. The molecule has 0 unspecified atom stereocenters. The average Bonchev–Trinajstić information content (AvgIpc) is 3.06. The van der Waals surface area contributed by atoms with Gasteiger partial charge in [-0.25, -0.2) is 13.1 Å². The van der Waals surface area contributed by atoms with Crippen LogP contribution in [0.3, 0.4) is 0 Å². The van der Waals surface area contributed by atoms with E-state index in [2.05, 4.69) is 16.5 Å². The molecule has 0 saturated heterocycles. The van der Waals surface area contributed by atoms with Crippen LogP contribution in [0.15, 0.2) is 54.6 Å². The summed E-state index contributed by atoms with van der Waals surface area (Å²) in [5, 5.41) is 16.7. The van der Waals surface area contributed by atoms with Gasteiger partial charge in [-0.3, -0.25) is 4.79 Å². The number of hydrogen-bond donors (Lipinski definition) is 2. The second-order valence-electron chi connectivity index (χ2n) is 7.19. The summed E-state index contributed by atoms with van der Waals surface area (Å²) >= 11 is 0. The van der Waals surface area contributed by atoms with Crippen LogP contribution in [0.25, 0.3) is 5.69 Å². The third kappa shape index (κ3) is 5.71. The first-order chi connectivity index (χ1) is 14.8. The van der Waals surface area contributed by atoms with Crippen molar-refractivity contribution >= 4 is 21.6 Å².